The fraction of sp³-hybridized carbons (Fsp3) is 0.0455. The Bertz CT molecular complexity index is 1290. The van der Waals surface area contributed by atoms with Crippen LogP contribution in [0.4, 0.5) is 17.6 Å². The lowest BCUT2D eigenvalue weighted by molar-refractivity contribution is -0.141. The number of hydrogen-bond donors (Lipinski definition) is 1. The molecule has 0 aliphatic carbocycles. The molecule has 0 bridgehead atoms. The lowest BCUT2D eigenvalue weighted by Gasteiger charge is -2.11. The summed E-state index contributed by atoms with van der Waals surface area (Å²) < 4.78 is 64.1. The molecule has 0 spiro atoms. The molecule has 2 aromatic heterocycles. The molecule has 0 amide bonds. The summed E-state index contributed by atoms with van der Waals surface area (Å²) in [5.41, 5.74) is -1.03. The molecule has 4 rings (SSSR count). The zero-order valence-electron chi connectivity index (χ0n) is 15.9. The molecular weight excluding hydrogens is 432 g/mol. The second-order valence-corrected chi connectivity index (χ2v) is 6.53. The fourth-order valence-electron chi connectivity index (χ4n) is 2.88. The van der Waals surface area contributed by atoms with Gasteiger partial charge in [-0.1, -0.05) is 18.2 Å². The molecule has 0 aliphatic rings. The SMILES string of the molecule is O=C(O)c1cc(-c2cccc(Oc3nc(-c4ccco4)cc(C(F)(F)F)n3)c2)ccc1F. The van der Waals surface area contributed by atoms with Crippen molar-refractivity contribution in [1.82, 2.24) is 9.97 Å². The molecule has 10 heteroatoms. The van der Waals surface area contributed by atoms with Gasteiger partial charge in [0.25, 0.3) is 0 Å². The van der Waals surface area contributed by atoms with Gasteiger partial charge in [0.1, 0.15) is 17.3 Å². The van der Waals surface area contributed by atoms with Crippen LogP contribution < -0.4 is 4.74 Å². The van der Waals surface area contributed by atoms with Gasteiger partial charge in [-0.3, -0.25) is 0 Å². The molecule has 1 N–H and O–H groups in total. The average Bonchev–Trinajstić information content (AvgIpc) is 3.28. The summed E-state index contributed by atoms with van der Waals surface area (Å²) in [6.07, 6.45) is -3.45. The standard InChI is InChI=1S/C22H12F4N2O4/c23-16-7-6-13(10-15(16)20(29)30)12-3-1-4-14(9-12)32-21-27-17(18-5-2-8-31-18)11-19(28-21)22(24,25)26/h1-11H,(H,29,30). The summed E-state index contributed by atoms with van der Waals surface area (Å²) in [6.45, 7) is 0. The monoisotopic (exact) mass is 444 g/mol. The van der Waals surface area contributed by atoms with E-state index in [0.717, 1.165) is 18.2 Å². The van der Waals surface area contributed by atoms with E-state index in [0.29, 0.717) is 11.1 Å². The third kappa shape index (κ3) is 4.43. The Hall–Kier alpha value is -4.21. The van der Waals surface area contributed by atoms with Crippen molar-refractivity contribution >= 4 is 5.97 Å². The molecule has 0 unspecified atom stereocenters. The van der Waals surface area contributed by atoms with E-state index in [1.807, 2.05) is 0 Å². The molecular formula is C22H12F4N2O4. The summed E-state index contributed by atoms with van der Waals surface area (Å²) in [4.78, 5) is 18.6. The molecule has 0 atom stereocenters. The summed E-state index contributed by atoms with van der Waals surface area (Å²) in [7, 11) is 0. The number of carboxylic acid groups (broad SMARTS) is 1. The van der Waals surface area contributed by atoms with Gasteiger partial charge in [0.2, 0.25) is 0 Å². The predicted molar refractivity (Wildman–Crippen MR) is 104 cm³/mol. The van der Waals surface area contributed by atoms with Crippen molar-refractivity contribution in [3.8, 4) is 34.3 Å². The highest BCUT2D eigenvalue weighted by Crippen LogP contribution is 2.33. The van der Waals surface area contributed by atoms with Crippen LogP contribution in [0.5, 0.6) is 11.8 Å². The van der Waals surface area contributed by atoms with Crippen LogP contribution in [0.2, 0.25) is 0 Å². The number of aromatic nitrogens is 2. The van der Waals surface area contributed by atoms with Crippen LogP contribution in [0.1, 0.15) is 16.1 Å². The zero-order valence-corrected chi connectivity index (χ0v) is 15.9. The van der Waals surface area contributed by atoms with Gasteiger partial charge in [-0.05, 0) is 53.6 Å². The molecule has 162 valence electrons. The molecule has 2 aromatic carbocycles. The number of hydrogen-bond acceptors (Lipinski definition) is 5. The molecule has 0 fully saturated rings. The molecule has 0 saturated carbocycles. The summed E-state index contributed by atoms with van der Waals surface area (Å²) in [5, 5.41) is 9.10. The average molecular weight is 444 g/mol. The quantitative estimate of drug-likeness (QED) is 0.377. The van der Waals surface area contributed by atoms with Gasteiger partial charge in [0.05, 0.1) is 11.8 Å². The fourth-order valence-corrected chi connectivity index (χ4v) is 2.88. The van der Waals surface area contributed by atoms with Gasteiger partial charge < -0.3 is 14.3 Å². The summed E-state index contributed by atoms with van der Waals surface area (Å²) >= 11 is 0. The van der Waals surface area contributed by atoms with Crippen molar-refractivity contribution in [3.05, 3.63) is 84.0 Å². The van der Waals surface area contributed by atoms with E-state index in [2.05, 4.69) is 9.97 Å². The van der Waals surface area contributed by atoms with E-state index in [9.17, 15) is 22.4 Å². The van der Waals surface area contributed by atoms with Gasteiger partial charge in [-0.15, -0.1) is 0 Å². The number of aromatic carboxylic acids is 1. The molecule has 6 nitrogen and oxygen atoms in total. The number of alkyl halides is 3. The third-order valence-corrected chi connectivity index (χ3v) is 4.34. The van der Waals surface area contributed by atoms with Crippen LogP contribution >= 0.6 is 0 Å². The summed E-state index contributed by atoms with van der Waals surface area (Å²) in [6, 6.07) is 12.7. The van der Waals surface area contributed by atoms with Crippen molar-refractivity contribution in [3.63, 3.8) is 0 Å². The van der Waals surface area contributed by atoms with Crippen molar-refractivity contribution in [1.29, 1.82) is 0 Å². The molecule has 0 radical (unpaired) electrons. The minimum Gasteiger partial charge on any atom is -0.478 e. The number of benzene rings is 2. The zero-order chi connectivity index (χ0) is 22.9. The van der Waals surface area contributed by atoms with Crippen LogP contribution in [0, 0.1) is 5.82 Å². The van der Waals surface area contributed by atoms with Gasteiger partial charge in [-0.2, -0.15) is 23.1 Å². The molecule has 4 aromatic rings. The maximum atomic E-state index is 13.7. The first-order chi connectivity index (χ1) is 15.2. The smallest absolute Gasteiger partial charge is 0.433 e. The van der Waals surface area contributed by atoms with Crippen molar-refractivity contribution in [2.45, 2.75) is 6.18 Å². The van der Waals surface area contributed by atoms with E-state index in [1.165, 1.54) is 42.7 Å². The van der Waals surface area contributed by atoms with Gasteiger partial charge in [-0.25, -0.2) is 9.18 Å². The van der Waals surface area contributed by atoms with Crippen LogP contribution in [-0.2, 0) is 6.18 Å². The Balaban J connectivity index is 1.70. The number of halogens is 4. The third-order valence-electron chi connectivity index (χ3n) is 4.34. The largest absolute Gasteiger partial charge is 0.478 e. The van der Waals surface area contributed by atoms with E-state index in [-0.39, 0.29) is 17.2 Å². The normalized spacial score (nSPS) is 11.4. The van der Waals surface area contributed by atoms with Crippen LogP contribution in [-0.4, -0.2) is 21.0 Å². The van der Waals surface area contributed by atoms with Gasteiger partial charge in [0, 0.05) is 0 Å². The van der Waals surface area contributed by atoms with E-state index in [1.54, 1.807) is 6.07 Å². The highest BCUT2D eigenvalue weighted by Gasteiger charge is 2.34. The molecule has 2 heterocycles. The van der Waals surface area contributed by atoms with Crippen LogP contribution in [0.25, 0.3) is 22.6 Å². The van der Waals surface area contributed by atoms with E-state index < -0.39 is 35.2 Å². The van der Waals surface area contributed by atoms with Gasteiger partial charge in [0.15, 0.2) is 11.5 Å². The first-order valence-corrected chi connectivity index (χ1v) is 9.02. The number of carboxylic acids is 1. The lowest BCUT2D eigenvalue weighted by atomic mass is 10.0. The maximum absolute atomic E-state index is 13.7. The van der Waals surface area contributed by atoms with Crippen molar-refractivity contribution in [2.24, 2.45) is 0 Å². The number of carbonyl (C=O) groups is 1. The predicted octanol–water partition coefficient (Wildman–Crippen LogP) is 6.05. The Labute approximate surface area is 177 Å². The number of rotatable bonds is 5. The van der Waals surface area contributed by atoms with Gasteiger partial charge >= 0.3 is 18.2 Å². The number of nitrogens with zero attached hydrogens (tertiary/aromatic N) is 2. The second kappa shape index (κ2) is 8.14. The van der Waals surface area contributed by atoms with Crippen molar-refractivity contribution in [2.75, 3.05) is 0 Å². The first-order valence-electron chi connectivity index (χ1n) is 9.02. The Morgan fingerprint density at radius 2 is 1.75 bits per heavy atom. The lowest BCUT2D eigenvalue weighted by Crippen LogP contribution is -2.10. The molecule has 32 heavy (non-hydrogen) atoms. The van der Waals surface area contributed by atoms with Crippen molar-refractivity contribution < 1.29 is 36.6 Å². The summed E-state index contributed by atoms with van der Waals surface area (Å²) in [5.74, 6) is -2.13. The van der Waals surface area contributed by atoms with Crippen LogP contribution in [0.3, 0.4) is 0 Å². The topological polar surface area (TPSA) is 85.5 Å². The highest BCUT2D eigenvalue weighted by atomic mass is 19.4. The number of furan rings is 1. The Kier molecular flexibility index (Phi) is 5.35. The molecule has 0 aliphatic heterocycles. The van der Waals surface area contributed by atoms with E-state index >= 15 is 0 Å². The number of ether oxygens (including phenoxy) is 1. The van der Waals surface area contributed by atoms with E-state index in [4.69, 9.17) is 14.3 Å². The second-order valence-electron chi connectivity index (χ2n) is 6.53. The first kappa shape index (κ1) is 21.0. The maximum Gasteiger partial charge on any atom is 0.433 e. The minimum absolute atomic E-state index is 0.0911. The van der Waals surface area contributed by atoms with Crippen LogP contribution in [0.15, 0.2) is 71.3 Å². The Morgan fingerprint density at radius 1 is 0.969 bits per heavy atom. The minimum atomic E-state index is -4.74. The highest BCUT2D eigenvalue weighted by molar-refractivity contribution is 5.89. The Morgan fingerprint density at radius 3 is 2.44 bits per heavy atom. The molecule has 0 saturated heterocycles.